The van der Waals surface area contributed by atoms with Gasteiger partial charge in [-0.3, -0.25) is 18.9 Å². The number of carbonyl (C=O) groups excluding carboxylic acids is 1. The van der Waals surface area contributed by atoms with Crippen molar-refractivity contribution in [3.05, 3.63) is 49.8 Å². The molecule has 29 heavy (non-hydrogen) atoms. The minimum Gasteiger partial charge on any atom is -0.337 e. The van der Waals surface area contributed by atoms with Gasteiger partial charge in [-0.15, -0.1) is 22.7 Å². The molecule has 0 radical (unpaired) electrons. The van der Waals surface area contributed by atoms with Gasteiger partial charge in [-0.1, -0.05) is 20.8 Å². The number of carbonyl (C=O) groups is 1. The summed E-state index contributed by atoms with van der Waals surface area (Å²) in [6, 6.07) is 0. The lowest BCUT2D eigenvalue weighted by atomic mass is 9.98. The monoisotopic (exact) mass is 431 g/mol. The van der Waals surface area contributed by atoms with Crippen LogP contribution in [0.3, 0.4) is 0 Å². The Hall–Kier alpha value is -2.10. The zero-order valence-electron chi connectivity index (χ0n) is 16.9. The Labute approximate surface area is 177 Å². The van der Waals surface area contributed by atoms with Crippen molar-refractivity contribution in [2.24, 2.45) is 0 Å². The number of hydrogen-bond donors (Lipinski definition) is 0. The Morgan fingerprint density at radius 2 is 2.00 bits per heavy atom. The van der Waals surface area contributed by atoms with Crippen LogP contribution in [0.1, 0.15) is 48.3 Å². The van der Waals surface area contributed by atoms with Gasteiger partial charge in [-0.25, -0.2) is 9.97 Å². The molecule has 0 aliphatic carbocycles. The first-order valence-electron chi connectivity index (χ1n) is 9.74. The molecule has 1 fully saturated rings. The van der Waals surface area contributed by atoms with E-state index in [0.29, 0.717) is 18.1 Å². The topological polar surface area (TPSA) is 70.8 Å². The first kappa shape index (κ1) is 20.2. The van der Waals surface area contributed by atoms with Gasteiger partial charge in [-0.2, -0.15) is 0 Å². The Kier molecular flexibility index (Phi) is 5.54. The molecule has 0 unspecified atom stereocenters. The van der Waals surface area contributed by atoms with E-state index < -0.39 is 0 Å². The maximum absolute atomic E-state index is 13.0. The minimum absolute atomic E-state index is 0.0660. The maximum atomic E-state index is 13.0. The van der Waals surface area contributed by atoms with E-state index in [4.69, 9.17) is 4.98 Å². The molecule has 0 atom stereocenters. The van der Waals surface area contributed by atoms with Crippen LogP contribution in [-0.2, 0) is 12.0 Å². The molecule has 0 spiro atoms. The molecular formula is C20H25N5O2S2. The van der Waals surface area contributed by atoms with Gasteiger partial charge in [0.25, 0.3) is 11.5 Å². The second-order valence-corrected chi connectivity index (χ2v) is 10.1. The lowest BCUT2D eigenvalue weighted by molar-refractivity contribution is 0.0758. The average Bonchev–Trinajstić information content (AvgIpc) is 3.28. The summed E-state index contributed by atoms with van der Waals surface area (Å²) in [6.07, 6.45) is 3.95. The number of hydrogen-bond acceptors (Lipinski definition) is 7. The van der Waals surface area contributed by atoms with Crippen molar-refractivity contribution < 1.29 is 4.79 Å². The molecule has 3 aromatic rings. The van der Waals surface area contributed by atoms with E-state index in [0.717, 1.165) is 36.8 Å². The molecule has 1 amide bonds. The fraction of sp³-hybridized carbons (Fsp3) is 0.500. The second-order valence-electron chi connectivity index (χ2n) is 8.35. The van der Waals surface area contributed by atoms with Crippen LogP contribution in [0.4, 0.5) is 0 Å². The van der Waals surface area contributed by atoms with Crippen LogP contribution in [0.25, 0.3) is 4.96 Å². The Bertz CT molecular complexity index is 1080. The summed E-state index contributed by atoms with van der Waals surface area (Å²) in [4.78, 5) is 39.3. The molecular weight excluding hydrogens is 406 g/mol. The Morgan fingerprint density at radius 3 is 2.76 bits per heavy atom. The van der Waals surface area contributed by atoms with Gasteiger partial charge in [0, 0.05) is 61.3 Å². The summed E-state index contributed by atoms with van der Waals surface area (Å²) in [6.45, 7) is 10.2. The number of nitrogens with zero attached hydrogens (tertiary/aromatic N) is 5. The van der Waals surface area contributed by atoms with Crippen LogP contribution < -0.4 is 5.56 Å². The van der Waals surface area contributed by atoms with E-state index in [1.165, 1.54) is 21.9 Å². The molecule has 3 aromatic heterocycles. The van der Waals surface area contributed by atoms with Crippen LogP contribution in [0.5, 0.6) is 0 Å². The summed E-state index contributed by atoms with van der Waals surface area (Å²) in [7, 11) is 0. The van der Waals surface area contributed by atoms with E-state index in [1.54, 1.807) is 27.8 Å². The van der Waals surface area contributed by atoms with Crippen molar-refractivity contribution in [3.63, 3.8) is 0 Å². The lowest BCUT2D eigenvalue weighted by Gasteiger charge is -2.21. The molecule has 1 aliphatic rings. The first-order valence-corrected chi connectivity index (χ1v) is 11.5. The number of amides is 1. The molecule has 154 valence electrons. The van der Waals surface area contributed by atoms with Crippen molar-refractivity contribution >= 4 is 33.5 Å². The number of thiazole rings is 2. The van der Waals surface area contributed by atoms with Crippen LogP contribution >= 0.6 is 22.7 Å². The zero-order valence-corrected chi connectivity index (χ0v) is 18.6. The maximum Gasteiger partial charge on any atom is 0.271 e. The van der Waals surface area contributed by atoms with Gasteiger partial charge in [-0.05, 0) is 6.42 Å². The van der Waals surface area contributed by atoms with E-state index in [9.17, 15) is 9.59 Å². The van der Waals surface area contributed by atoms with Gasteiger partial charge >= 0.3 is 0 Å². The summed E-state index contributed by atoms with van der Waals surface area (Å²) in [5, 5.41) is 5.08. The van der Waals surface area contributed by atoms with E-state index >= 15 is 0 Å². The normalized spacial score (nSPS) is 16.3. The zero-order chi connectivity index (χ0) is 20.6. The number of rotatable bonds is 3. The molecule has 1 aliphatic heterocycles. The molecule has 1 saturated heterocycles. The standard InChI is InChI=1S/C20H25N5O2S2/c1-20(2,3)18-22-14(13-29-18)12-23-5-4-6-24(8-7-23)16(26)15-11-21-19-25(17(15)27)9-10-28-19/h9-11,13H,4-8,12H2,1-3H3. The third kappa shape index (κ3) is 4.26. The van der Waals surface area contributed by atoms with Crippen molar-refractivity contribution in [1.29, 1.82) is 0 Å². The summed E-state index contributed by atoms with van der Waals surface area (Å²) in [5.74, 6) is -0.228. The largest absolute Gasteiger partial charge is 0.337 e. The number of aromatic nitrogens is 3. The predicted molar refractivity (Wildman–Crippen MR) is 116 cm³/mol. The Morgan fingerprint density at radius 1 is 1.17 bits per heavy atom. The highest BCUT2D eigenvalue weighted by Gasteiger charge is 2.24. The Balaban J connectivity index is 1.43. The molecule has 0 bridgehead atoms. The van der Waals surface area contributed by atoms with Crippen molar-refractivity contribution in [1.82, 2.24) is 24.2 Å². The van der Waals surface area contributed by atoms with Crippen LogP contribution in [-0.4, -0.2) is 56.3 Å². The lowest BCUT2D eigenvalue weighted by Crippen LogP contribution is -2.38. The van der Waals surface area contributed by atoms with Crippen molar-refractivity contribution in [2.75, 3.05) is 26.2 Å². The van der Waals surface area contributed by atoms with Crippen LogP contribution in [0, 0.1) is 0 Å². The highest BCUT2D eigenvalue weighted by Crippen LogP contribution is 2.26. The third-order valence-electron chi connectivity index (χ3n) is 5.03. The molecule has 4 rings (SSSR count). The summed E-state index contributed by atoms with van der Waals surface area (Å²) in [5.41, 5.74) is 1.00. The first-order chi connectivity index (χ1) is 13.8. The highest BCUT2D eigenvalue weighted by atomic mass is 32.1. The molecule has 9 heteroatoms. The van der Waals surface area contributed by atoms with Gasteiger partial charge in [0.05, 0.1) is 10.7 Å². The minimum atomic E-state index is -0.292. The summed E-state index contributed by atoms with van der Waals surface area (Å²) >= 11 is 3.09. The molecule has 0 aromatic carbocycles. The van der Waals surface area contributed by atoms with Crippen molar-refractivity contribution in [3.8, 4) is 0 Å². The smallest absolute Gasteiger partial charge is 0.271 e. The average molecular weight is 432 g/mol. The highest BCUT2D eigenvalue weighted by molar-refractivity contribution is 7.15. The predicted octanol–water partition coefficient (Wildman–Crippen LogP) is 2.86. The van der Waals surface area contributed by atoms with E-state index in [1.807, 2.05) is 0 Å². The van der Waals surface area contributed by atoms with Crippen LogP contribution in [0.15, 0.2) is 27.9 Å². The van der Waals surface area contributed by atoms with E-state index in [2.05, 4.69) is 36.0 Å². The fourth-order valence-electron chi connectivity index (χ4n) is 3.43. The molecule has 0 N–H and O–H groups in total. The van der Waals surface area contributed by atoms with Gasteiger partial charge in [0.1, 0.15) is 5.56 Å². The molecule has 4 heterocycles. The number of fused-ring (bicyclic) bond motifs is 1. The fourth-order valence-corrected chi connectivity index (χ4v) is 5.00. The third-order valence-corrected chi connectivity index (χ3v) is 7.12. The van der Waals surface area contributed by atoms with E-state index in [-0.39, 0.29) is 22.4 Å². The SMILES string of the molecule is CC(C)(C)c1nc(CN2CCCN(C(=O)c3cnc4sccn4c3=O)CC2)cs1. The molecule has 0 saturated carbocycles. The summed E-state index contributed by atoms with van der Waals surface area (Å²) < 4.78 is 1.44. The second kappa shape index (κ2) is 7.97. The van der Waals surface area contributed by atoms with Crippen LogP contribution in [0.2, 0.25) is 0 Å². The van der Waals surface area contributed by atoms with Crippen molar-refractivity contribution in [2.45, 2.75) is 39.2 Å². The van der Waals surface area contributed by atoms with Gasteiger partial charge in [0.15, 0.2) is 4.96 Å². The quantitative estimate of drug-likeness (QED) is 0.638. The van der Waals surface area contributed by atoms with Gasteiger partial charge < -0.3 is 4.90 Å². The molecule has 7 nitrogen and oxygen atoms in total. The van der Waals surface area contributed by atoms with Gasteiger partial charge in [0.2, 0.25) is 0 Å².